The zero-order valence-electron chi connectivity index (χ0n) is 14.1. The van der Waals surface area contributed by atoms with Crippen LogP contribution in [0.4, 0.5) is 5.69 Å². The molecule has 1 aromatic heterocycles. The first-order valence-electron chi connectivity index (χ1n) is 8.70. The lowest BCUT2D eigenvalue weighted by Gasteiger charge is -2.49. The third-order valence-corrected chi connectivity index (χ3v) is 5.95. The summed E-state index contributed by atoms with van der Waals surface area (Å²) in [6, 6.07) is 11.7. The Labute approximate surface area is 151 Å². The number of ketones is 1. The third kappa shape index (κ3) is 2.60. The zero-order chi connectivity index (χ0) is 17.6. The van der Waals surface area contributed by atoms with Gasteiger partial charge < -0.3 is 9.32 Å². The molecule has 0 saturated heterocycles. The van der Waals surface area contributed by atoms with Gasteiger partial charge in [0.15, 0.2) is 5.78 Å². The Morgan fingerprint density at radius 3 is 2.76 bits per heavy atom. The Kier molecular flexibility index (Phi) is 3.95. The molecule has 2 aliphatic rings. The summed E-state index contributed by atoms with van der Waals surface area (Å²) in [6.07, 6.45) is 3.38. The number of rotatable bonds is 2. The van der Waals surface area contributed by atoms with E-state index in [1.165, 1.54) is 0 Å². The van der Waals surface area contributed by atoms with Crippen molar-refractivity contribution < 1.29 is 9.21 Å². The number of carbonyl (C=O) groups is 1. The maximum atomic E-state index is 13.1. The average Bonchev–Trinajstić information content (AvgIpc) is 2.59. The number of hydrogen-bond donors (Lipinski definition) is 0. The smallest absolute Gasteiger partial charge is 0.349 e. The molecule has 0 radical (unpaired) electrons. The number of anilines is 1. The van der Waals surface area contributed by atoms with Crippen molar-refractivity contribution in [3.8, 4) is 0 Å². The quantitative estimate of drug-likeness (QED) is 0.760. The highest BCUT2D eigenvalue weighted by molar-refractivity contribution is 6.40. The number of halogens is 1. The van der Waals surface area contributed by atoms with Gasteiger partial charge in [-0.25, -0.2) is 4.79 Å². The van der Waals surface area contributed by atoms with E-state index in [0.717, 1.165) is 24.8 Å². The Morgan fingerprint density at radius 1 is 1.24 bits per heavy atom. The molecule has 1 saturated carbocycles. The molecule has 0 unspecified atom stereocenters. The molecule has 0 N–H and O–H groups in total. The van der Waals surface area contributed by atoms with Crippen molar-refractivity contribution in [1.29, 1.82) is 0 Å². The first kappa shape index (κ1) is 16.4. The van der Waals surface area contributed by atoms with Crippen LogP contribution in [-0.4, -0.2) is 16.7 Å². The number of benzene rings is 1. The Bertz CT molecular complexity index is 876. The van der Waals surface area contributed by atoms with E-state index in [-0.39, 0.29) is 17.4 Å². The SMILES string of the molecule is Cc1cc2c(c(=O)o1)C(=O)[C@]1(Cl)CCCC[C@@H]1N2Cc1ccccc1. The number of hydrogen-bond acceptors (Lipinski definition) is 4. The van der Waals surface area contributed by atoms with Crippen molar-refractivity contribution in [3.05, 3.63) is 63.7 Å². The highest BCUT2D eigenvalue weighted by atomic mass is 35.5. The first-order chi connectivity index (χ1) is 12.0. The van der Waals surface area contributed by atoms with Gasteiger partial charge in [0.25, 0.3) is 0 Å². The molecule has 2 atom stereocenters. The minimum atomic E-state index is -1.04. The minimum Gasteiger partial charge on any atom is -0.428 e. The van der Waals surface area contributed by atoms with Gasteiger partial charge in [0.05, 0.1) is 11.7 Å². The summed E-state index contributed by atoms with van der Waals surface area (Å²) < 4.78 is 5.21. The van der Waals surface area contributed by atoms with Gasteiger partial charge in [0.2, 0.25) is 0 Å². The van der Waals surface area contributed by atoms with E-state index < -0.39 is 10.5 Å². The molecule has 0 amide bonds. The molecule has 1 aromatic carbocycles. The predicted molar refractivity (Wildman–Crippen MR) is 97.5 cm³/mol. The van der Waals surface area contributed by atoms with E-state index in [2.05, 4.69) is 4.90 Å². The fourth-order valence-electron chi connectivity index (χ4n) is 4.17. The standard InChI is InChI=1S/C20H20ClNO3/c1-13-11-15-17(19(24)25-13)18(23)20(21)10-6-5-9-16(20)22(15)12-14-7-3-2-4-8-14/h2-4,7-8,11,16H,5-6,9-10,12H2,1H3/t16-,20-/m0/s1. The lowest BCUT2D eigenvalue weighted by atomic mass is 9.75. The topological polar surface area (TPSA) is 50.5 Å². The van der Waals surface area contributed by atoms with Gasteiger partial charge in [0.1, 0.15) is 16.2 Å². The van der Waals surface area contributed by atoms with Crippen molar-refractivity contribution in [2.24, 2.45) is 0 Å². The van der Waals surface area contributed by atoms with Crippen LogP contribution in [0.25, 0.3) is 0 Å². The van der Waals surface area contributed by atoms with E-state index in [0.29, 0.717) is 24.4 Å². The highest BCUT2D eigenvalue weighted by Gasteiger charge is 2.54. The fourth-order valence-corrected chi connectivity index (χ4v) is 4.62. The molecular weight excluding hydrogens is 338 g/mol. The van der Waals surface area contributed by atoms with Gasteiger partial charge in [-0.3, -0.25) is 4.79 Å². The lowest BCUT2D eigenvalue weighted by molar-refractivity contribution is 0.0876. The molecule has 4 rings (SSSR count). The van der Waals surface area contributed by atoms with Gasteiger partial charge in [-0.05, 0) is 25.3 Å². The van der Waals surface area contributed by atoms with Crippen LogP contribution in [0.2, 0.25) is 0 Å². The van der Waals surface area contributed by atoms with Crippen molar-refractivity contribution in [2.75, 3.05) is 4.90 Å². The predicted octanol–water partition coefficient (Wildman–Crippen LogP) is 4.07. The summed E-state index contributed by atoms with van der Waals surface area (Å²) in [5, 5.41) is 0. The van der Waals surface area contributed by atoms with Gasteiger partial charge in [-0.1, -0.05) is 43.2 Å². The Morgan fingerprint density at radius 2 is 2.00 bits per heavy atom. The van der Waals surface area contributed by atoms with E-state index in [4.69, 9.17) is 16.0 Å². The minimum absolute atomic E-state index is 0.106. The first-order valence-corrected chi connectivity index (χ1v) is 9.07. The third-order valence-electron chi connectivity index (χ3n) is 5.34. The van der Waals surface area contributed by atoms with Crippen molar-refractivity contribution >= 4 is 23.1 Å². The summed E-state index contributed by atoms with van der Waals surface area (Å²) >= 11 is 6.86. The van der Waals surface area contributed by atoms with E-state index in [9.17, 15) is 9.59 Å². The molecule has 1 fully saturated rings. The maximum absolute atomic E-state index is 13.1. The van der Waals surface area contributed by atoms with Crippen LogP contribution in [-0.2, 0) is 6.54 Å². The Balaban J connectivity index is 1.90. The molecule has 1 aliphatic heterocycles. The molecule has 25 heavy (non-hydrogen) atoms. The van der Waals surface area contributed by atoms with Crippen LogP contribution < -0.4 is 10.5 Å². The van der Waals surface area contributed by atoms with Gasteiger partial charge >= 0.3 is 5.63 Å². The summed E-state index contributed by atoms with van der Waals surface area (Å²) in [5.74, 6) is 0.236. The number of carbonyl (C=O) groups excluding carboxylic acids is 1. The molecule has 0 spiro atoms. The van der Waals surface area contributed by atoms with Crippen LogP contribution in [0, 0.1) is 6.92 Å². The second-order valence-corrected chi connectivity index (χ2v) is 7.65. The second kappa shape index (κ2) is 6.03. The summed E-state index contributed by atoms with van der Waals surface area (Å²) in [4.78, 5) is 26.6. The van der Waals surface area contributed by atoms with Crippen LogP contribution in [0.5, 0.6) is 0 Å². The summed E-state index contributed by atoms with van der Waals surface area (Å²) in [5.41, 5.74) is 1.31. The molecule has 130 valence electrons. The largest absolute Gasteiger partial charge is 0.428 e. The zero-order valence-corrected chi connectivity index (χ0v) is 14.9. The van der Waals surface area contributed by atoms with Crippen LogP contribution >= 0.6 is 11.6 Å². The highest BCUT2D eigenvalue weighted by Crippen LogP contribution is 2.46. The van der Waals surface area contributed by atoms with Gasteiger partial charge in [0, 0.05) is 12.6 Å². The molecule has 4 nitrogen and oxygen atoms in total. The molecule has 1 aliphatic carbocycles. The fraction of sp³-hybridized carbons (Fsp3) is 0.400. The van der Waals surface area contributed by atoms with Crippen molar-refractivity contribution in [1.82, 2.24) is 0 Å². The Hall–Kier alpha value is -2.07. The molecule has 5 heteroatoms. The number of alkyl halides is 1. The monoisotopic (exact) mass is 357 g/mol. The number of Topliss-reactive ketones (excluding diaryl/α,β-unsaturated/α-hetero) is 1. The number of aryl methyl sites for hydroxylation is 1. The number of fused-ring (bicyclic) bond motifs is 2. The van der Waals surface area contributed by atoms with Gasteiger partial charge in [-0.2, -0.15) is 0 Å². The summed E-state index contributed by atoms with van der Waals surface area (Å²) in [7, 11) is 0. The van der Waals surface area contributed by atoms with Crippen LogP contribution in [0.3, 0.4) is 0 Å². The molecule has 2 heterocycles. The van der Waals surface area contributed by atoms with Crippen LogP contribution in [0.1, 0.15) is 47.4 Å². The average molecular weight is 358 g/mol. The molecular formula is C20H20ClNO3. The number of nitrogens with zero attached hydrogens (tertiary/aromatic N) is 1. The lowest BCUT2D eigenvalue weighted by Crippen LogP contribution is -2.60. The van der Waals surface area contributed by atoms with Crippen molar-refractivity contribution in [3.63, 3.8) is 0 Å². The molecule has 2 aromatic rings. The van der Waals surface area contributed by atoms with Gasteiger partial charge in [-0.15, -0.1) is 11.6 Å². The summed E-state index contributed by atoms with van der Waals surface area (Å²) in [6.45, 7) is 2.35. The van der Waals surface area contributed by atoms with E-state index >= 15 is 0 Å². The molecule has 0 bridgehead atoms. The van der Waals surface area contributed by atoms with Crippen molar-refractivity contribution in [2.45, 2.75) is 50.1 Å². The maximum Gasteiger partial charge on any atom is 0.349 e. The van der Waals surface area contributed by atoms with E-state index in [1.54, 1.807) is 13.0 Å². The second-order valence-electron chi connectivity index (χ2n) is 6.97. The van der Waals surface area contributed by atoms with E-state index in [1.807, 2.05) is 30.3 Å². The normalized spacial score (nSPS) is 25.4. The van der Waals surface area contributed by atoms with Crippen LogP contribution in [0.15, 0.2) is 45.6 Å².